The van der Waals surface area contributed by atoms with Gasteiger partial charge in [-0.25, -0.2) is 4.79 Å². The molecule has 24 heavy (non-hydrogen) atoms. The molecule has 0 rings (SSSR count). The Kier molecular flexibility index (Phi) is 15.6. The van der Waals surface area contributed by atoms with Gasteiger partial charge in [0.05, 0.1) is 0 Å². The molecule has 4 heteroatoms. The molecular weight excluding hydrogens is 304 g/mol. The third kappa shape index (κ3) is 15.6. The zero-order valence-electron chi connectivity index (χ0n) is 15.6. The van der Waals surface area contributed by atoms with Crippen molar-refractivity contribution in [2.24, 2.45) is 0 Å². The zero-order valence-corrected chi connectivity index (χ0v) is 15.6. The molecule has 0 spiro atoms. The number of hydrogen-bond acceptors (Lipinski definition) is 3. The molecule has 4 nitrogen and oxygen atoms in total. The van der Waals surface area contributed by atoms with Crippen molar-refractivity contribution < 1.29 is 19.4 Å². The van der Waals surface area contributed by atoms with Gasteiger partial charge < -0.3 is 9.84 Å². The average molecular weight is 341 g/mol. The molecule has 0 aliphatic carbocycles. The van der Waals surface area contributed by atoms with Crippen LogP contribution in [-0.2, 0) is 14.3 Å². The minimum atomic E-state index is -1.10. The lowest BCUT2D eigenvalue weighted by molar-refractivity contribution is -0.162. The van der Waals surface area contributed by atoms with Crippen molar-refractivity contribution >= 4 is 11.9 Å². The van der Waals surface area contributed by atoms with Gasteiger partial charge in [0.25, 0.3) is 0 Å². The molecule has 0 aromatic carbocycles. The third-order valence-corrected chi connectivity index (χ3v) is 4.05. The van der Waals surface area contributed by atoms with E-state index in [1.165, 1.54) is 58.3 Å². The summed E-state index contributed by atoms with van der Waals surface area (Å²) >= 11 is 0. The number of carbonyl (C=O) groups is 2. The van der Waals surface area contributed by atoms with Crippen molar-refractivity contribution in [2.75, 3.05) is 0 Å². The predicted molar refractivity (Wildman–Crippen MR) is 98.0 cm³/mol. The summed E-state index contributed by atoms with van der Waals surface area (Å²) in [4.78, 5) is 21.9. The fourth-order valence-electron chi connectivity index (χ4n) is 2.47. The van der Waals surface area contributed by atoms with E-state index in [0.29, 0.717) is 6.42 Å². The second-order valence-electron chi connectivity index (χ2n) is 6.45. The van der Waals surface area contributed by atoms with E-state index in [1.54, 1.807) is 0 Å². The van der Waals surface area contributed by atoms with Gasteiger partial charge in [-0.05, 0) is 39.0 Å². The van der Waals surface area contributed by atoms with Gasteiger partial charge in [0.1, 0.15) is 0 Å². The number of ether oxygens (including phenoxy) is 1. The van der Waals surface area contributed by atoms with Crippen LogP contribution in [0.1, 0.15) is 97.3 Å². The van der Waals surface area contributed by atoms with E-state index in [2.05, 4.69) is 19.1 Å². The maximum Gasteiger partial charge on any atom is 0.344 e. The molecule has 1 N–H and O–H groups in total. The van der Waals surface area contributed by atoms with Gasteiger partial charge in [-0.15, -0.1) is 0 Å². The summed E-state index contributed by atoms with van der Waals surface area (Å²) in [5.41, 5.74) is 0. The van der Waals surface area contributed by atoms with E-state index in [4.69, 9.17) is 9.84 Å². The summed E-state index contributed by atoms with van der Waals surface area (Å²) in [7, 11) is 0. The van der Waals surface area contributed by atoms with Crippen molar-refractivity contribution in [3.63, 3.8) is 0 Å². The van der Waals surface area contributed by atoms with Gasteiger partial charge in [0.2, 0.25) is 0 Å². The molecule has 0 saturated carbocycles. The van der Waals surface area contributed by atoms with Crippen molar-refractivity contribution in [3.8, 4) is 0 Å². The van der Waals surface area contributed by atoms with Crippen LogP contribution < -0.4 is 0 Å². The van der Waals surface area contributed by atoms with E-state index in [0.717, 1.165) is 25.7 Å². The molecule has 0 bridgehead atoms. The SMILES string of the molecule is CCCCCCC/C=C\CCCCCCCC(=O)OC(C)C(=O)O. The molecule has 0 aromatic heterocycles. The Morgan fingerprint density at radius 1 is 0.875 bits per heavy atom. The Balaban J connectivity index is 3.30. The highest BCUT2D eigenvalue weighted by Gasteiger charge is 2.15. The van der Waals surface area contributed by atoms with Crippen LogP contribution in [-0.4, -0.2) is 23.1 Å². The van der Waals surface area contributed by atoms with Crippen LogP contribution in [0.25, 0.3) is 0 Å². The lowest BCUT2D eigenvalue weighted by Crippen LogP contribution is -2.23. The molecule has 0 heterocycles. The smallest absolute Gasteiger partial charge is 0.344 e. The monoisotopic (exact) mass is 340 g/mol. The number of allylic oxidation sites excluding steroid dienone is 2. The standard InChI is InChI=1S/C20H36O4/c1-3-4-5-6-7-8-9-10-11-12-13-14-15-16-17-19(21)24-18(2)20(22)23/h9-10,18H,3-8,11-17H2,1-2H3,(H,22,23)/b10-9-. The van der Waals surface area contributed by atoms with Crippen LogP contribution in [0.15, 0.2) is 12.2 Å². The topological polar surface area (TPSA) is 63.6 Å². The maximum atomic E-state index is 11.4. The number of carbonyl (C=O) groups excluding carboxylic acids is 1. The minimum absolute atomic E-state index is 0.315. The molecule has 1 unspecified atom stereocenters. The summed E-state index contributed by atoms with van der Waals surface area (Å²) in [6.07, 6.45) is 18.2. The zero-order chi connectivity index (χ0) is 18.0. The van der Waals surface area contributed by atoms with Crippen molar-refractivity contribution in [1.29, 1.82) is 0 Å². The Bertz CT molecular complexity index is 350. The largest absolute Gasteiger partial charge is 0.479 e. The van der Waals surface area contributed by atoms with Crippen molar-refractivity contribution in [2.45, 2.75) is 103 Å². The first-order valence-electron chi connectivity index (χ1n) is 9.65. The number of unbranched alkanes of at least 4 members (excludes halogenated alkanes) is 10. The average Bonchev–Trinajstić information content (AvgIpc) is 2.55. The second-order valence-corrected chi connectivity index (χ2v) is 6.45. The molecule has 0 aliphatic heterocycles. The van der Waals surface area contributed by atoms with Gasteiger partial charge in [0, 0.05) is 6.42 Å². The first kappa shape index (κ1) is 22.7. The van der Waals surface area contributed by atoms with E-state index in [1.807, 2.05) is 0 Å². The van der Waals surface area contributed by atoms with E-state index in [-0.39, 0.29) is 0 Å². The fraction of sp³-hybridized carbons (Fsp3) is 0.800. The first-order chi connectivity index (χ1) is 11.6. The van der Waals surface area contributed by atoms with E-state index in [9.17, 15) is 9.59 Å². The first-order valence-corrected chi connectivity index (χ1v) is 9.65. The fourth-order valence-corrected chi connectivity index (χ4v) is 2.47. The van der Waals surface area contributed by atoms with E-state index < -0.39 is 18.0 Å². The normalized spacial score (nSPS) is 12.4. The Morgan fingerprint density at radius 2 is 1.38 bits per heavy atom. The van der Waals surface area contributed by atoms with Crippen LogP contribution in [0.4, 0.5) is 0 Å². The van der Waals surface area contributed by atoms with Crippen LogP contribution in [0.2, 0.25) is 0 Å². The van der Waals surface area contributed by atoms with Crippen molar-refractivity contribution in [1.82, 2.24) is 0 Å². The molecule has 0 amide bonds. The van der Waals surface area contributed by atoms with Gasteiger partial charge in [-0.1, -0.05) is 64.0 Å². The Hall–Kier alpha value is -1.32. The summed E-state index contributed by atoms with van der Waals surface area (Å²) < 4.78 is 4.78. The number of esters is 1. The summed E-state index contributed by atoms with van der Waals surface area (Å²) in [6.45, 7) is 3.62. The number of hydrogen-bond donors (Lipinski definition) is 1. The number of carboxylic acids is 1. The molecule has 0 aromatic rings. The molecule has 1 atom stereocenters. The highest BCUT2D eigenvalue weighted by molar-refractivity contribution is 5.77. The number of carboxylic acid groups (broad SMARTS) is 1. The molecular formula is C20H36O4. The predicted octanol–water partition coefficient (Wildman–Crippen LogP) is 5.65. The van der Waals surface area contributed by atoms with Gasteiger partial charge in [-0.3, -0.25) is 4.79 Å². The Morgan fingerprint density at radius 3 is 1.92 bits per heavy atom. The molecule has 0 saturated heterocycles. The van der Waals surface area contributed by atoms with Crippen LogP contribution in [0.5, 0.6) is 0 Å². The minimum Gasteiger partial charge on any atom is -0.479 e. The molecule has 140 valence electrons. The summed E-state index contributed by atoms with van der Waals surface area (Å²) in [6, 6.07) is 0. The lowest BCUT2D eigenvalue weighted by Gasteiger charge is -2.08. The maximum absolute atomic E-state index is 11.4. The van der Waals surface area contributed by atoms with Crippen molar-refractivity contribution in [3.05, 3.63) is 12.2 Å². The molecule has 0 radical (unpaired) electrons. The quantitative estimate of drug-likeness (QED) is 0.224. The second kappa shape index (κ2) is 16.5. The van der Waals surface area contributed by atoms with Gasteiger partial charge in [0.15, 0.2) is 6.10 Å². The third-order valence-electron chi connectivity index (χ3n) is 4.05. The van der Waals surface area contributed by atoms with Gasteiger partial charge >= 0.3 is 11.9 Å². The number of rotatable bonds is 16. The summed E-state index contributed by atoms with van der Waals surface area (Å²) in [5, 5.41) is 8.64. The van der Waals surface area contributed by atoms with Gasteiger partial charge in [-0.2, -0.15) is 0 Å². The van der Waals surface area contributed by atoms with Crippen LogP contribution >= 0.6 is 0 Å². The lowest BCUT2D eigenvalue weighted by atomic mass is 10.1. The van der Waals surface area contributed by atoms with Crippen LogP contribution in [0, 0.1) is 0 Å². The molecule has 0 aliphatic rings. The number of aliphatic carboxylic acids is 1. The molecule has 0 fully saturated rings. The summed E-state index contributed by atoms with van der Waals surface area (Å²) in [5.74, 6) is -1.51. The highest BCUT2D eigenvalue weighted by atomic mass is 16.6. The Labute approximate surface area is 147 Å². The highest BCUT2D eigenvalue weighted by Crippen LogP contribution is 2.10. The van der Waals surface area contributed by atoms with Crippen LogP contribution in [0.3, 0.4) is 0 Å². The van der Waals surface area contributed by atoms with E-state index >= 15 is 0 Å².